The van der Waals surface area contributed by atoms with E-state index in [1.807, 2.05) is 30.3 Å². The van der Waals surface area contributed by atoms with Gasteiger partial charge >= 0.3 is 0 Å². The number of aromatic nitrogens is 1. The summed E-state index contributed by atoms with van der Waals surface area (Å²) >= 11 is 3.24. The molecule has 1 fully saturated rings. The van der Waals surface area contributed by atoms with E-state index in [4.69, 9.17) is 10.7 Å². The minimum Gasteiger partial charge on any atom is -0.365 e. The average Bonchev–Trinajstić information content (AvgIpc) is 3.36. The standard InChI is InChI=1S/C19H19N3OS2/c20-19(23)17-9-8-16(25-17)15-7-4-10-22(15)11-18-21-14(12-24-18)13-5-2-1-3-6-13/h1-3,5-6,8-9,12,15H,4,7,10-11H2,(H2,20,23). The maximum atomic E-state index is 11.3. The van der Waals surface area contributed by atoms with Crippen molar-refractivity contribution in [1.82, 2.24) is 9.88 Å². The van der Waals surface area contributed by atoms with Gasteiger partial charge in [0.05, 0.1) is 17.1 Å². The molecule has 1 aliphatic rings. The van der Waals surface area contributed by atoms with Crippen LogP contribution < -0.4 is 5.73 Å². The lowest BCUT2D eigenvalue weighted by atomic mass is 10.2. The third-order valence-corrected chi connectivity index (χ3v) is 6.56. The average molecular weight is 370 g/mol. The van der Waals surface area contributed by atoms with Crippen LogP contribution in [-0.2, 0) is 6.54 Å². The van der Waals surface area contributed by atoms with Crippen molar-refractivity contribution in [3.63, 3.8) is 0 Å². The molecular formula is C19H19N3OS2. The smallest absolute Gasteiger partial charge is 0.258 e. The largest absolute Gasteiger partial charge is 0.365 e. The Hall–Kier alpha value is -2.02. The van der Waals surface area contributed by atoms with Crippen LogP contribution in [0.3, 0.4) is 0 Å². The molecule has 1 saturated heterocycles. The Morgan fingerprint density at radius 3 is 2.84 bits per heavy atom. The molecule has 1 amide bonds. The van der Waals surface area contributed by atoms with Crippen LogP contribution >= 0.6 is 22.7 Å². The lowest BCUT2D eigenvalue weighted by molar-refractivity contribution is 0.100. The molecule has 2 N–H and O–H groups in total. The fourth-order valence-corrected chi connectivity index (χ4v) is 5.16. The van der Waals surface area contributed by atoms with Crippen molar-refractivity contribution in [1.29, 1.82) is 0 Å². The van der Waals surface area contributed by atoms with Gasteiger partial charge in [-0.25, -0.2) is 4.98 Å². The molecule has 25 heavy (non-hydrogen) atoms. The van der Waals surface area contributed by atoms with E-state index in [1.165, 1.54) is 22.6 Å². The lowest BCUT2D eigenvalue weighted by Crippen LogP contribution is -2.22. The first-order valence-corrected chi connectivity index (χ1v) is 10.0. The number of carbonyl (C=O) groups is 1. The summed E-state index contributed by atoms with van der Waals surface area (Å²) in [7, 11) is 0. The first-order chi connectivity index (χ1) is 12.2. The van der Waals surface area contributed by atoms with Crippen molar-refractivity contribution in [3.8, 4) is 11.3 Å². The Balaban J connectivity index is 1.50. The maximum absolute atomic E-state index is 11.3. The summed E-state index contributed by atoms with van der Waals surface area (Å²) in [5.74, 6) is -0.340. The van der Waals surface area contributed by atoms with Crippen molar-refractivity contribution in [2.45, 2.75) is 25.4 Å². The SMILES string of the molecule is NC(=O)c1ccc(C2CCCN2Cc2nc(-c3ccccc3)cs2)s1. The van der Waals surface area contributed by atoms with Crippen molar-refractivity contribution in [3.05, 3.63) is 62.6 Å². The molecular weight excluding hydrogens is 350 g/mol. The molecule has 1 unspecified atom stereocenters. The number of amides is 1. The second kappa shape index (κ2) is 7.07. The van der Waals surface area contributed by atoms with Crippen LogP contribution in [-0.4, -0.2) is 22.3 Å². The molecule has 1 aromatic carbocycles. The summed E-state index contributed by atoms with van der Waals surface area (Å²) in [6.45, 7) is 1.92. The molecule has 0 spiro atoms. The number of nitrogens with zero attached hydrogens (tertiary/aromatic N) is 2. The van der Waals surface area contributed by atoms with Crippen LogP contribution in [0.25, 0.3) is 11.3 Å². The molecule has 4 rings (SSSR count). The van der Waals surface area contributed by atoms with Crippen molar-refractivity contribution in [2.75, 3.05) is 6.54 Å². The monoisotopic (exact) mass is 369 g/mol. The Labute approximate surface area is 154 Å². The first kappa shape index (κ1) is 16.4. The van der Waals surface area contributed by atoms with Gasteiger partial charge in [-0.15, -0.1) is 22.7 Å². The number of nitrogens with two attached hydrogens (primary N) is 1. The zero-order valence-electron chi connectivity index (χ0n) is 13.7. The van der Waals surface area contributed by atoms with Gasteiger partial charge in [0.2, 0.25) is 0 Å². The summed E-state index contributed by atoms with van der Waals surface area (Å²) in [6.07, 6.45) is 2.29. The van der Waals surface area contributed by atoms with Gasteiger partial charge in [-0.2, -0.15) is 0 Å². The highest BCUT2D eigenvalue weighted by Crippen LogP contribution is 2.37. The molecule has 0 saturated carbocycles. The molecule has 1 aliphatic heterocycles. The van der Waals surface area contributed by atoms with E-state index in [2.05, 4.69) is 22.4 Å². The zero-order chi connectivity index (χ0) is 17.2. The molecule has 3 aromatic rings. The molecule has 1 atom stereocenters. The summed E-state index contributed by atoms with van der Waals surface area (Å²) in [4.78, 5) is 20.5. The summed E-state index contributed by atoms with van der Waals surface area (Å²) in [6, 6.07) is 14.5. The molecule has 4 nitrogen and oxygen atoms in total. The van der Waals surface area contributed by atoms with Crippen molar-refractivity contribution < 1.29 is 4.79 Å². The highest BCUT2D eigenvalue weighted by Gasteiger charge is 2.28. The molecule has 6 heteroatoms. The summed E-state index contributed by atoms with van der Waals surface area (Å²) < 4.78 is 0. The van der Waals surface area contributed by atoms with Gasteiger partial charge in [0.25, 0.3) is 5.91 Å². The molecule has 2 aromatic heterocycles. The Morgan fingerprint density at radius 1 is 1.24 bits per heavy atom. The Morgan fingerprint density at radius 2 is 2.08 bits per heavy atom. The van der Waals surface area contributed by atoms with Crippen LogP contribution in [0.15, 0.2) is 47.8 Å². The lowest BCUT2D eigenvalue weighted by Gasteiger charge is -2.22. The second-order valence-electron chi connectivity index (χ2n) is 6.19. The Bertz CT molecular complexity index is 872. The van der Waals surface area contributed by atoms with Gasteiger partial charge in [0.1, 0.15) is 5.01 Å². The normalized spacial score (nSPS) is 17.8. The topological polar surface area (TPSA) is 59.2 Å². The molecule has 3 heterocycles. The highest BCUT2D eigenvalue weighted by atomic mass is 32.1. The van der Waals surface area contributed by atoms with Crippen LogP contribution in [0.5, 0.6) is 0 Å². The van der Waals surface area contributed by atoms with E-state index >= 15 is 0 Å². The van der Waals surface area contributed by atoms with Crippen molar-refractivity contribution in [2.24, 2.45) is 5.73 Å². The summed E-state index contributed by atoms with van der Waals surface area (Å²) in [5.41, 5.74) is 7.60. The van der Waals surface area contributed by atoms with E-state index in [0.29, 0.717) is 10.9 Å². The second-order valence-corrected chi connectivity index (χ2v) is 8.25. The van der Waals surface area contributed by atoms with Crippen LogP contribution in [0.1, 0.15) is 38.4 Å². The van der Waals surface area contributed by atoms with Gasteiger partial charge < -0.3 is 5.73 Å². The number of rotatable bonds is 5. The van der Waals surface area contributed by atoms with E-state index in [-0.39, 0.29) is 5.91 Å². The predicted molar refractivity (Wildman–Crippen MR) is 103 cm³/mol. The van der Waals surface area contributed by atoms with Gasteiger partial charge in [0.15, 0.2) is 0 Å². The number of likely N-dealkylation sites (tertiary alicyclic amines) is 1. The quantitative estimate of drug-likeness (QED) is 0.729. The molecule has 128 valence electrons. The van der Waals surface area contributed by atoms with Gasteiger partial charge in [-0.05, 0) is 31.5 Å². The van der Waals surface area contributed by atoms with Crippen LogP contribution in [0.4, 0.5) is 0 Å². The third-order valence-electron chi connectivity index (χ3n) is 4.52. The fraction of sp³-hybridized carbons (Fsp3) is 0.263. The van der Waals surface area contributed by atoms with Crippen molar-refractivity contribution >= 4 is 28.6 Å². The van der Waals surface area contributed by atoms with Gasteiger partial charge in [0, 0.05) is 21.9 Å². The van der Waals surface area contributed by atoms with Gasteiger partial charge in [-0.3, -0.25) is 9.69 Å². The fourth-order valence-electron chi connectivity index (χ4n) is 3.30. The van der Waals surface area contributed by atoms with Crippen LogP contribution in [0, 0.1) is 0 Å². The van der Waals surface area contributed by atoms with E-state index in [9.17, 15) is 4.79 Å². The number of benzene rings is 1. The Kier molecular flexibility index (Phi) is 4.65. The maximum Gasteiger partial charge on any atom is 0.258 e. The highest BCUT2D eigenvalue weighted by molar-refractivity contribution is 7.14. The minimum absolute atomic E-state index is 0.340. The summed E-state index contributed by atoms with van der Waals surface area (Å²) in [5, 5.41) is 3.27. The van der Waals surface area contributed by atoms with E-state index in [1.54, 1.807) is 11.3 Å². The van der Waals surface area contributed by atoms with E-state index < -0.39 is 0 Å². The molecule has 0 bridgehead atoms. The molecule has 0 aliphatic carbocycles. The number of carbonyl (C=O) groups excluding carboxylic acids is 1. The van der Waals surface area contributed by atoms with Gasteiger partial charge in [-0.1, -0.05) is 30.3 Å². The molecule has 0 radical (unpaired) electrons. The first-order valence-electron chi connectivity index (χ1n) is 8.34. The minimum atomic E-state index is -0.340. The van der Waals surface area contributed by atoms with Crippen LogP contribution in [0.2, 0.25) is 0 Å². The van der Waals surface area contributed by atoms with E-state index in [0.717, 1.165) is 35.8 Å². The number of hydrogen-bond donors (Lipinski definition) is 1. The number of thiazole rings is 1. The predicted octanol–water partition coefficient (Wildman–Crippen LogP) is 4.31. The number of hydrogen-bond acceptors (Lipinski definition) is 5. The third kappa shape index (κ3) is 3.51. The number of thiophene rings is 1. The zero-order valence-corrected chi connectivity index (χ0v) is 15.4. The number of primary amides is 1.